The van der Waals surface area contributed by atoms with Gasteiger partial charge in [0.2, 0.25) is 0 Å². The largest absolute Gasteiger partial charge is 0.303 e. The first-order chi connectivity index (χ1) is 5.07. The minimum Gasteiger partial charge on any atom is -0.303 e. The van der Waals surface area contributed by atoms with Crippen LogP contribution in [0.1, 0.15) is 0 Å². The van der Waals surface area contributed by atoms with Gasteiger partial charge in [0.15, 0.2) is 0 Å². The van der Waals surface area contributed by atoms with E-state index in [4.69, 9.17) is 11.6 Å². The summed E-state index contributed by atoms with van der Waals surface area (Å²) in [6.07, 6.45) is 1.56. The highest BCUT2D eigenvalue weighted by atomic mass is 35.5. The highest BCUT2D eigenvalue weighted by molar-refractivity contribution is 6.71. The van der Waals surface area contributed by atoms with Crippen LogP contribution in [0.2, 0.25) is 0 Å². The van der Waals surface area contributed by atoms with Gasteiger partial charge in [-0.05, 0) is 0 Å². The molecule has 0 unspecified atom stereocenters. The van der Waals surface area contributed by atoms with Gasteiger partial charge in [-0.25, -0.2) is 0 Å². The third-order valence-corrected chi connectivity index (χ3v) is 1.32. The van der Waals surface area contributed by atoms with E-state index in [0.29, 0.717) is 10.7 Å². The van der Waals surface area contributed by atoms with Crippen LogP contribution in [0.4, 0.5) is 0 Å². The Labute approximate surface area is 72.1 Å². The summed E-state index contributed by atoms with van der Waals surface area (Å²) in [6, 6.07) is 0. The molecule has 0 bridgehead atoms. The molecule has 0 heterocycles. The molecule has 0 saturated heterocycles. The van der Waals surface area contributed by atoms with Crippen molar-refractivity contribution in [1.82, 2.24) is 5.01 Å². The zero-order valence-electron chi connectivity index (χ0n) is 7.00. The smallest absolute Gasteiger partial charge is 0.131 e. The average Bonchev–Trinajstić information content (AvgIpc) is 1.98. The first kappa shape index (κ1) is 10.2. The predicted octanol–water partition coefficient (Wildman–Crippen LogP) is 1.36. The third kappa shape index (κ3) is 4.56. The lowest BCUT2D eigenvalue weighted by atomic mass is 10.4. The molecular weight excluding hydrogens is 162 g/mol. The number of halogens is 1. The van der Waals surface area contributed by atoms with Gasteiger partial charge in [0, 0.05) is 26.7 Å². The minimum atomic E-state index is 0.385. The van der Waals surface area contributed by atoms with Crippen molar-refractivity contribution < 1.29 is 0 Å². The molecule has 0 rings (SSSR count). The summed E-state index contributed by atoms with van der Waals surface area (Å²) < 4.78 is 0. The van der Waals surface area contributed by atoms with E-state index in [1.54, 1.807) is 18.3 Å². The Hall–Kier alpha value is -0.830. The first-order valence-corrected chi connectivity index (χ1v) is 3.48. The van der Waals surface area contributed by atoms with Crippen LogP contribution in [0.3, 0.4) is 0 Å². The van der Waals surface area contributed by atoms with Crippen molar-refractivity contribution in [2.45, 2.75) is 0 Å². The zero-order chi connectivity index (χ0) is 8.85. The first-order valence-electron chi connectivity index (χ1n) is 3.10. The van der Waals surface area contributed by atoms with Gasteiger partial charge >= 0.3 is 0 Å². The molecule has 11 heavy (non-hydrogen) atoms. The molecule has 0 fully saturated rings. The van der Waals surface area contributed by atoms with Gasteiger partial charge in [0.05, 0.1) is 6.21 Å². The van der Waals surface area contributed by atoms with Crippen LogP contribution >= 0.6 is 11.6 Å². The van der Waals surface area contributed by atoms with Crippen LogP contribution in [0.25, 0.3) is 0 Å². The summed E-state index contributed by atoms with van der Waals surface area (Å²) in [5.74, 6) is 0. The van der Waals surface area contributed by atoms with E-state index in [1.165, 1.54) is 0 Å². The molecule has 0 aliphatic rings. The molecule has 0 aliphatic carbocycles. The van der Waals surface area contributed by atoms with Crippen molar-refractivity contribution in [3.8, 4) is 0 Å². The molecule has 0 atom stereocenters. The average molecular weight is 174 g/mol. The van der Waals surface area contributed by atoms with E-state index < -0.39 is 0 Å². The zero-order valence-corrected chi connectivity index (χ0v) is 7.76. The fraction of sp³-hybridized carbons (Fsp3) is 0.429. The van der Waals surface area contributed by atoms with Crippen LogP contribution in [0.5, 0.6) is 0 Å². The number of allylic oxidation sites excluding steroid dienone is 1. The monoisotopic (exact) mass is 173 g/mol. The van der Waals surface area contributed by atoms with Crippen molar-refractivity contribution >= 4 is 23.0 Å². The molecule has 0 saturated carbocycles. The van der Waals surface area contributed by atoms with E-state index in [0.717, 1.165) is 0 Å². The molecular formula is C7H12ClN3. The summed E-state index contributed by atoms with van der Waals surface area (Å²) in [4.78, 5) is 3.74. The Morgan fingerprint density at radius 3 is 2.45 bits per heavy atom. The second kappa shape index (κ2) is 4.91. The van der Waals surface area contributed by atoms with E-state index in [1.807, 2.05) is 14.1 Å². The highest BCUT2D eigenvalue weighted by Gasteiger charge is 1.94. The molecule has 0 N–H and O–H groups in total. The normalized spacial score (nSPS) is 12.2. The van der Waals surface area contributed by atoms with Crippen LogP contribution < -0.4 is 0 Å². The molecule has 0 aliphatic heterocycles. The summed E-state index contributed by atoms with van der Waals surface area (Å²) in [5, 5.41) is 5.98. The van der Waals surface area contributed by atoms with Gasteiger partial charge < -0.3 is 5.01 Å². The van der Waals surface area contributed by atoms with Gasteiger partial charge in [0.1, 0.15) is 5.17 Å². The molecule has 0 radical (unpaired) electrons. The Morgan fingerprint density at radius 1 is 1.55 bits per heavy atom. The molecule has 3 nitrogen and oxygen atoms in total. The lowest BCUT2D eigenvalue weighted by Crippen LogP contribution is -2.04. The summed E-state index contributed by atoms with van der Waals surface area (Å²) in [5.41, 5.74) is 0.614. The molecule has 0 amide bonds. The van der Waals surface area contributed by atoms with E-state index in [9.17, 15) is 0 Å². The molecule has 0 spiro atoms. The van der Waals surface area contributed by atoms with Gasteiger partial charge in [-0.15, -0.1) is 0 Å². The summed E-state index contributed by atoms with van der Waals surface area (Å²) >= 11 is 5.64. The van der Waals surface area contributed by atoms with Gasteiger partial charge in [-0.2, -0.15) is 5.10 Å². The Bertz CT molecular complexity index is 194. The van der Waals surface area contributed by atoms with Crippen LogP contribution in [0.15, 0.2) is 22.2 Å². The number of hydrazone groups is 1. The quantitative estimate of drug-likeness (QED) is 0.468. The Morgan fingerprint density at radius 2 is 2.09 bits per heavy atom. The van der Waals surface area contributed by atoms with Crippen LogP contribution in [-0.2, 0) is 0 Å². The Balaban J connectivity index is 4.08. The van der Waals surface area contributed by atoms with E-state index >= 15 is 0 Å². The number of hydrogen-bond donors (Lipinski definition) is 0. The molecule has 62 valence electrons. The lowest BCUT2D eigenvalue weighted by Gasteiger charge is -2.02. The van der Waals surface area contributed by atoms with E-state index in [2.05, 4.69) is 16.7 Å². The summed E-state index contributed by atoms with van der Waals surface area (Å²) in [7, 11) is 5.25. The van der Waals surface area contributed by atoms with Crippen molar-refractivity contribution in [3.05, 3.63) is 12.2 Å². The Kier molecular flexibility index (Phi) is 4.54. The van der Waals surface area contributed by atoms with Crippen LogP contribution in [-0.4, -0.2) is 37.5 Å². The SMILES string of the molecule is C=C(/C=N\N(C)C)/C(Cl)=N\C. The van der Waals surface area contributed by atoms with E-state index in [-0.39, 0.29) is 0 Å². The standard InChI is InChI=1S/C7H12ClN3/c1-6(7(8)9-2)5-10-11(3)4/h5H,1H2,2-4H3/b9-7+,10-5-. The van der Waals surface area contributed by atoms with Crippen molar-refractivity contribution in [1.29, 1.82) is 0 Å². The van der Waals surface area contributed by atoms with Gasteiger partial charge in [-0.1, -0.05) is 18.2 Å². The van der Waals surface area contributed by atoms with Crippen molar-refractivity contribution in [3.63, 3.8) is 0 Å². The molecule has 0 aromatic heterocycles. The second-order valence-corrected chi connectivity index (χ2v) is 2.49. The van der Waals surface area contributed by atoms with Gasteiger partial charge in [0.25, 0.3) is 0 Å². The highest BCUT2D eigenvalue weighted by Crippen LogP contribution is 1.96. The number of nitrogens with zero attached hydrogens (tertiary/aromatic N) is 3. The summed E-state index contributed by atoms with van der Waals surface area (Å²) in [6.45, 7) is 3.66. The number of hydrogen-bond acceptors (Lipinski definition) is 3. The van der Waals surface area contributed by atoms with Crippen LogP contribution in [0, 0.1) is 0 Å². The minimum absolute atomic E-state index is 0.385. The van der Waals surface area contributed by atoms with Crippen molar-refractivity contribution in [2.75, 3.05) is 21.1 Å². The maximum absolute atomic E-state index is 5.64. The maximum atomic E-state index is 5.64. The number of aliphatic imine (C=N–C) groups is 1. The fourth-order valence-corrected chi connectivity index (χ4v) is 0.431. The third-order valence-electron chi connectivity index (χ3n) is 0.906. The maximum Gasteiger partial charge on any atom is 0.131 e. The van der Waals surface area contributed by atoms with Gasteiger partial charge in [-0.3, -0.25) is 4.99 Å². The van der Waals surface area contributed by atoms with Crippen molar-refractivity contribution in [2.24, 2.45) is 10.1 Å². The molecule has 0 aromatic carbocycles. The number of rotatable bonds is 3. The lowest BCUT2D eigenvalue weighted by molar-refractivity contribution is 0.440. The molecule has 0 aromatic rings. The second-order valence-electron chi connectivity index (χ2n) is 2.13. The predicted molar refractivity (Wildman–Crippen MR) is 50.5 cm³/mol. The molecule has 4 heteroatoms. The topological polar surface area (TPSA) is 28.0 Å². The fourth-order valence-electron chi connectivity index (χ4n) is 0.382.